The first-order valence-corrected chi connectivity index (χ1v) is 4.72. The minimum Gasteiger partial charge on any atom is -0.507 e. The van der Waals surface area contributed by atoms with E-state index in [-0.39, 0.29) is 23.6 Å². The van der Waals surface area contributed by atoms with Crippen LogP contribution in [0.4, 0.5) is 0 Å². The van der Waals surface area contributed by atoms with Crippen LogP contribution in [-0.2, 0) is 6.54 Å². The van der Waals surface area contributed by atoms with Crippen molar-refractivity contribution >= 4 is 17.4 Å². The third-order valence-electron chi connectivity index (χ3n) is 2.01. The van der Waals surface area contributed by atoms with Crippen molar-refractivity contribution in [1.29, 1.82) is 0 Å². The van der Waals surface area contributed by atoms with Gasteiger partial charge in [-0.25, -0.2) is 0 Å². The quantitative estimate of drug-likeness (QED) is 0.756. The summed E-state index contributed by atoms with van der Waals surface area (Å²) in [6.07, 6.45) is 0.339. The van der Waals surface area contributed by atoms with Crippen molar-refractivity contribution in [3.05, 3.63) is 28.3 Å². The number of Topliss-reactive ketones (excluding diaryl/α,β-unsaturated/α-hetero) is 1. The van der Waals surface area contributed by atoms with Gasteiger partial charge in [-0.1, -0.05) is 18.5 Å². The maximum atomic E-state index is 11.3. The summed E-state index contributed by atoms with van der Waals surface area (Å²) >= 11 is 5.86. The van der Waals surface area contributed by atoms with E-state index in [1.165, 1.54) is 12.1 Å². The van der Waals surface area contributed by atoms with Crippen LogP contribution in [0.5, 0.6) is 5.75 Å². The lowest BCUT2D eigenvalue weighted by molar-refractivity contribution is 0.0985. The molecule has 0 spiro atoms. The van der Waals surface area contributed by atoms with Gasteiger partial charge in [0.05, 0.1) is 5.56 Å². The number of benzene rings is 1. The molecule has 0 heterocycles. The van der Waals surface area contributed by atoms with Gasteiger partial charge in [-0.05, 0) is 17.7 Å². The lowest BCUT2D eigenvalue weighted by Gasteiger charge is -2.06. The zero-order valence-electron chi connectivity index (χ0n) is 7.88. The molecule has 0 aliphatic carbocycles. The second-order valence-electron chi connectivity index (χ2n) is 2.94. The van der Waals surface area contributed by atoms with Crippen LogP contribution in [0.1, 0.15) is 29.3 Å². The second kappa shape index (κ2) is 4.44. The molecule has 0 amide bonds. The minimum atomic E-state index is -0.132. The van der Waals surface area contributed by atoms with Gasteiger partial charge in [0.25, 0.3) is 0 Å². The highest BCUT2D eigenvalue weighted by atomic mass is 35.5. The summed E-state index contributed by atoms with van der Waals surface area (Å²) in [4.78, 5) is 11.3. The molecule has 0 atom stereocenters. The van der Waals surface area contributed by atoms with Crippen molar-refractivity contribution in [1.82, 2.24) is 0 Å². The first kappa shape index (κ1) is 11.0. The van der Waals surface area contributed by atoms with Crippen molar-refractivity contribution in [2.24, 2.45) is 5.73 Å². The average Bonchev–Trinajstić information content (AvgIpc) is 2.19. The number of ketones is 1. The third-order valence-corrected chi connectivity index (χ3v) is 2.36. The van der Waals surface area contributed by atoms with E-state index in [9.17, 15) is 9.90 Å². The lowest BCUT2D eigenvalue weighted by Crippen LogP contribution is -2.01. The minimum absolute atomic E-state index is 0.0540. The first-order valence-electron chi connectivity index (χ1n) is 4.34. The fourth-order valence-electron chi connectivity index (χ4n) is 1.18. The molecule has 76 valence electrons. The summed E-state index contributed by atoms with van der Waals surface area (Å²) in [5.41, 5.74) is 6.29. The van der Waals surface area contributed by atoms with Gasteiger partial charge in [-0.3, -0.25) is 4.79 Å². The maximum Gasteiger partial charge on any atom is 0.166 e. The molecule has 0 aromatic heterocycles. The Balaban J connectivity index is 3.21. The van der Waals surface area contributed by atoms with Crippen LogP contribution in [0.15, 0.2) is 12.1 Å². The fourth-order valence-corrected chi connectivity index (χ4v) is 1.42. The Labute approximate surface area is 87.5 Å². The predicted molar refractivity (Wildman–Crippen MR) is 55.6 cm³/mol. The van der Waals surface area contributed by atoms with Gasteiger partial charge in [0.15, 0.2) is 5.78 Å². The zero-order valence-corrected chi connectivity index (χ0v) is 8.64. The van der Waals surface area contributed by atoms with Crippen molar-refractivity contribution in [2.75, 3.05) is 0 Å². The van der Waals surface area contributed by atoms with E-state index in [2.05, 4.69) is 0 Å². The highest BCUT2D eigenvalue weighted by Gasteiger charge is 2.12. The molecule has 14 heavy (non-hydrogen) atoms. The number of hydrogen-bond acceptors (Lipinski definition) is 3. The molecule has 0 saturated heterocycles. The molecule has 0 radical (unpaired) electrons. The van der Waals surface area contributed by atoms with E-state index < -0.39 is 0 Å². The Kier molecular flexibility index (Phi) is 3.49. The molecule has 4 heteroatoms. The van der Waals surface area contributed by atoms with Crippen molar-refractivity contribution in [3.63, 3.8) is 0 Å². The maximum absolute atomic E-state index is 11.3. The topological polar surface area (TPSA) is 63.3 Å². The number of phenolic OH excluding ortho intramolecular Hbond substituents is 1. The smallest absolute Gasteiger partial charge is 0.166 e. The predicted octanol–water partition coefficient (Wildman–Crippen LogP) is 2.10. The van der Waals surface area contributed by atoms with Gasteiger partial charge in [0, 0.05) is 18.0 Å². The Hall–Kier alpha value is -1.06. The van der Waals surface area contributed by atoms with Crippen LogP contribution in [0.2, 0.25) is 5.02 Å². The average molecular weight is 214 g/mol. The molecule has 0 bridgehead atoms. The number of carbonyl (C=O) groups is 1. The highest BCUT2D eigenvalue weighted by molar-refractivity contribution is 6.31. The summed E-state index contributed by atoms with van der Waals surface area (Å²) in [6, 6.07) is 2.90. The number of nitrogens with two attached hydrogens (primary N) is 1. The molecule has 3 nitrogen and oxygen atoms in total. The van der Waals surface area contributed by atoms with Gasteiger partial charge in [0.1, 0.15) is 5.75 Å². The summed E-state index contributed by atoms with van der Waals surface area (Å²) < 4.78 is 0. The van der Waals surface area contributed by atoms with Crippen molar-refractivity contribution in [2.45, 2.75) is 19.9 Å². The normalized spacial score (nSPS) is 10.2. The van der Waals surface area contributed by atoms with E-state index >= 15 is 0 Å². The van der Waals surface area contributed by atoms with E-state index in [1.54, 1.807) is 6.92 Å². The van der Waals surface area contributed by atoms with Gasteiger partial charge in [-0.2, -0.15) is 0 Å². The molecule has 0 unspecified atom stereocenters. The SMILES string of the molecule is CCC(=O)c1cc(Cl)c(CN)cc1O. The summed E-state index contributed by atoms with van der Waals surface area (Å²) in [6.45, 7) is 1.97. The van der Waals surface area contributed by atoms with Crippen molar-refractivity contribution in [3.8, 4) is 5.75 Å². The van der Waals surface area contributed by atoms with Crippen LogP contribution in [0.25, 0.3) is 0 Å². The Morgan fingerprint density at radius 3 is 2.71 bits per heavy atom. The lowest BCUT2D eigenvalue weighted by atomic mass is 10.1. The number of hydrogen-bond donors (Lipinski definition) is 2. The van der Waals surface area contributed by atoms with Crippen LogP contribution < -0.4 is 5.73 Å². The van der Waals surface area contributed by atoms with Crippen LogP contribution in [0.3, 0.4) is 0 Å². The number of rotatable bonds is 3. The van der Waals surface area contributed by atoms with E-state index in [1.807, 2.05) is 0 Å². The Morgan fingerprint density at radius 1 is 1.57 bits per heavy atom. The Morgan fingerprint density at radius 2 is 2.21 bits per heavy atom. The van der Waals surface area contributed by atoms with Gasteiger partial charge < -0.3 is 10.8 Å². The molecular weight excluding hydrogens is 202 g/mol. The zero-order chi connectivity index (χ0) is 10.7. The number of phenols is 1. The molecular formula is C10H12ClNO2. The molecule has 3 N–H and O–H groups in total. The number of aromatic hydroxyl groups is 1. The summed E-state index contributed by atoms with van der Waals surface area (Å²) in [7, 11) is 0. The summed E-state index contributed by atoms with van der Waals surface area (Å²) in [5, 5.41) is 9.93. The monoisotopic (exact) mass is 213 g/mol. The fraction of sp³-hybridized carbons (Fsp3) is 0.300. The Bertz CT molecular complexity index is 363. The third kappa shape index (κ3) is 2.05. The first-order chi connectivity index (χ1) is 6.60. The molecule has 1 rings (SSSR count). The molecule has 0 saturated carbocycles. The van der Waals surface area contributed by atoms with Gasteiger partial charge in [-0.15, -0.1) is 0 Å². The van der Waals surface area contributed by atoms with Crippen LogP contribution >= 0.6 is 11.6 Å². The molecule has 0 aliphatic heterocycles. The standard InChI is InChI=1S/C10H12ClNO2/c1-2-9(13)7-4-8(11)6(5-12)3-10(7)14/h3-4,14H,2,5,12H2,1H3. The van der Waals surface area contributed by atoms with E-state index in [0.717, 1.165) is 0 Å². The van der Waals surface area contributed by atoms with Gasteiger partial charge in [0.2, 0.25) is 0 Å². The number of carbonyl (C=O) groups excluding carboxylic acids is 1. The summed E-state index contributed by atoms with van der Waals surface area (Å²) in [5.74, 6) is -0.185. The molecule has 1 aromatic rings. The number of halogens is 1. The van der Waals surface area contributed by atoms with Gasteiger partial charge >= 0.3 is 0 Å². The largest absolute Gasteiger partial charge is 0.507 e. The van der Waals surface area contributed by atoms with Crippen LogP contribution in [-0.4, -0.2) is 10.9 Å². The second-order valence-corrected chi connectivity index (χ2v) is 3.35. The molecule has 0 fully saturated rings. The van der Waals surface area contributed by atoms with E-state index in [0.29, 0.717) is 17.0 Å². The van der Waals surface area contributed by atoms with E-state index in [4.69, 9.17) is 17.3 Å². The van der Waals surface area contributed by atoms with Crippen LogP contribution in [0, 0.1) is 0 Å². The molecule has 1 aromatic carbocycles. The highest BCUT2D eigenvalue weighted by Crippen LogP contribution is 2.26. The molecule has 0 aliphatic rings. The van der Waals surface area contributed by atoms with Crippen molar-refractivity contribution < 1.29 is 9.90 Å².